The van der Waals surface area contributed by atoms with Gasteiger partial charge in [-0.05, 0) is 66.2 Å². The number of rotatable bonds is 4. The number of hydrogen-bond acceptors (Lipinski definition) is 3. The van der Waals surface area contributed by atoms with Crippen molar-refractivity contribution in [2.24, 2.45) is 12.5 Å². The van der Waals surface area contributed by atoms with Gasteiger partial charge in [0.2, 0.25) is 0 Å². The zero-order chi connectivity index (χ0) is 16.7. The Labute approximate surface area is 163 Å². The fourth-order valence-electron chi connectivity index (χ4n) is 4.02. The minimum atomic E-state index is 0. The molecule has 4 rings (SSSR count). The lowest BCUT2D eigenvalue weighted by atomic mass is 9.93. The van der Waals surface area contributed by atoms with Crippen molar-refractivity contribution in [3.05, 3.63) is 45.4 Å². The van der Waals surface area contributed by atoms with Crippen LogP contribution in [0.3, 0.4) is 0 Å². The van der Waals surface area contributed by atoms with E-state index in [2.05, 4.69) is 27.0 Å². The van der Waals surface area contributed by atoms with E-state index < -0.39 is 0 Å². The van der Waals surface area contributed by atoms with Gasteiger partial charge in [0, 0.05) is 25.8 Å². The summed E-state index contributed by atoms with van der Waals surface area (Å²) in [5, 5.41) is 8.26. The summed E-state index contributed by atoms with van der Waals surface area (Å²) in [6.45, 7) is 2.81. The second-order valence-corrected chi connectivity index (χ2v) is 8.27. The van der Waals surface area contributed by atoms with E-state index in [9.17, 15) is 4.79 Å². The molecule has 0 bridgehead atoms. The molecule has 2 aromatic heterocycles. The fraction of sp³-hybridized carbons (Fsp3) is 0.500. The number of nitrogens with one attached hydrogen (secondary N) is 1. The second kappa shape index (κ2) is 7.31. The van der Waals surface area contributed by atoms with E-state index in [0.717, 1.165) is 19.5 Å². The van der Waals surface area contributed by atoms with Crippen LogP contribution in [-0.2, 0) is 13.6 Å². The third-order valence-corrected chi connectivity index (χ3v) is 6.45. The summed E-state index contributed by atoms with van der Waals surface area (Å²) < 4.78 is 1.84. The van der Waals surface area contributed by atoms with Crippen molar-refractivity contribution in [1.29, 1.82) is 0 Å². The number of carbonyl (C=O) groups is 1. The normalized spacial score (nSPS) is 21.0. The standard InChI is InChI=1S/C18H22ClN3OS.ClH/c1-21-11-14(19)8-15(21)17(23)22(10-13-2-7-24-12-13)16-9-18(16)3-5-20-6-4-18;/h2,7-8,11-12,16,20H,3-6,9-10H2,1H3;1H. The van der Waals surface area contributed by atoms with Gasteiger partial charge >= 0.3 is 0 Å². The Balaban J connectivity index is 0.00000182. The van der Waals surface area contributed by atoms with E-state index in [-0.39, 0.29) is 18.3 Å². The molecule has 1 N–H and O–H groups in total. The van der Waals surface area contributed by atoms with Crippen molar-refractivity contribution < 1.29 is 4.79 Å². The first-order valence-corrected chi connectivity index (χ1v) is 9.76. The number of halogens is 2. The Morgan fingerprint density at radius 1 is 1.48 bits per heavy atom. The molecule has 0 aromatic carbocycles. The molecule has 7 heteroatoms. The van der Waals surface area contributed by atoms with Crippen LogP contribution in [0.5, 0.6) is 0 Å². The Bertz CT molecular complexity index is 738. The molecule has 25 heavy (non-hydrogen) atoms. The van der Waals surface area contributed by atoms with Gasteiger partial charge in [-0.1, -0.05) is 11.6 Å². The molecule has 4 nitrogen and oxygen atoms in total. The summed E-state index contributed by atoms with van der Waals surface area (Å²) in [5.41, 5.74) is 2.21. The van der Waals surface area contributed by atoms with Crippen molar-refractivity contribution in [3.63, 3.8) is 0 Å². The number of hydrogen-bond donors (Lipinski definition) is 1. The smallest absolute Gasteiger partial charge is 0.271 e. The maximum absolute atomic E-state index is 13.2. The first kappa shape index (κ1) is 18.8. The molecule has 2 aromatic rings. The van der Waals surface area contributed by atoms with Gasteiger partial charge in [0.25, 0.3) is 5.91 Å². The van der Waals surface area contributed by atoms with Crippen LogP contribution in [0.15, 0.2) is 29.1 Å². The molecule has 1 spiro atoms. The monoisotopic (exact) mass is 399 g/mol. The predicted molar refractivity (Wildman–Crippen MR) is 105 cm³/mol. The zero-order valence-electron chi connectivity index (χ0n) is 14.2. The highest BCUT2D eigenvalue weighted by Gasteiger charge is 2.57. The van der Waals surface area contributed by atoms with Crippen LogP contribution in [0, 0.1) is 5.41 Å². The van der Waals surface area contributed by atoms with E-state index in [0.29, 0.717) is 28.7 Å². The Morgan fingerprint density at radius 3 is 2.84 bits per heavy atom. The third kappa shape index (κ3) is 3.61. The highest BCUT2D eigenvalue weighted by atomic mass is 35.5. The Hall–Kier alpha value is -1.01. The summed E-state index contributed by atoms with van der Waals surface area (Å²) >= 11 is 7.78. The van der Waals surface area contributed by atoms with Crippen molar-refractivity contribution in [3.8, 4) is 0 Å². The van der Waals surface area contributed by atoms with Gasteiger partial charge in [0.1, 0.15) is 5.69 Å². The number of amides is 1. The largest absolute Gasteiger partial charge is 0.345 e. The zero-order valence-corrected chi connectivity index (χ0v) is 16.6. The van der Waals surface area contributed by atoms with Crippen LogP contribution < -0.4 is 5.32 Å². The maximum Gasteiger partial charge on any atom is 0.271 e. The number of carbonyl (C=O) groups excluding carboxylic acids is 1. The van der Waals surface area contributed by atoms with Crippen molar-refractivity contribution in [2.75, 3.05) is 13.1 Å². The van der Waals surface area contributed by atoms with Gasteiger partial charge in [0.05, 0.1) is 5.02 Å². The van der Waals surface area contributed by atoms with Gasteiger partial charge in [-0.2, -0.15) is 11.3 Å². The SMILES string of the molecule is Cl.Cn1cc(Cl)cc1C(=O)N(Cc1ccsc1)C1CC12CCNCC2. The van der Waals surface area contributed by atoms with Gasteiger partial charge in [0.15, 0.2) is 0 Å². The van der Waals surface area contributed by atoms with Crippen molar-refractivity contribution >= 4 is 41.3 Å². The Morgan fingerprint density at radius 2 is 2.24 bits per heavy atom. The molecule has 1 saturated carbocycles. The second-order valence-electron chi connectivity index (χ2n) is 7.05. The summed E-state index contributed by atoms with van der Waals surface area (Å²) in [6, 6.07) is 4.24. The average molecular weight is 400 g/mol. The third-order valence-electron chi connectivity index (χ3n) is 5.51. The number of nitrogens with zero attached hydrogens (tertiary/aromatic N) is 2. The molecule has 136 valence electrons. The van der Waals surface area contributed by atoms with Crippen LogP contribution >= 0.6 is 35.3 Å². The minimum Gasteiger partial charge on any atom is -0.345 e. The van der Waals surface area contributed by atoms with Crippen molar-refractivity contribution in [1.82, 2.24) is 14.8 Å². The Kier molecular flexibility index (Phi) is 5.49. The van der Waals surface area contributed by atoms with Crippen LogP contribution in [-0.4, -0.2) is 34.5 Å². The summed E-state index contributed by atoms with van der Waals surface area (Å²) in [6.07, 6.45) is 5.26. The lowest BCUT2D eigenvalue weighted by Crippen LogP contribution is -2.39. The van der Waals surface area contributed by atoms with E-state index in [4.69, 9.17) is 11.6 Å². The topological polar surface area (TPSA) is 37.3 Å². The summed E-state index contributed by atoms with van der Waals surface area (Å²) in [7, 11) is 1.88. The summed E-state index contributed by atoms with van der Waals surface area (Å²) in [5.74, 6) is 0.0935. The number of aromatic nitrogens is 1. The van der Waals surface area contributed by atoms with Gasteiger partial charge in [-0.25, -0.2) is 0 Å². The molecule has 1 aliphatic carbocycles. The highest BCUT2D eigenvalue weighted by molar-refractivity contribution is 7.07. The lowest BCUT2D eigenvalue weighted by molar-refractivity contribution is 0.0682. The quantitative estimate of drug-likeness (QED) is 0.844. The van der Waals surface area contributed by atoms with Crippen LogP contribution in [0.25, 0.3) is 0 Å². The lowest BCUT2D eigenvalue weighted by Gasteiger charge is -2.29. The molecule has 2 aliphatic rings. The van der Waals surface area contributed by atoms with Crippen molar-refractivity contribution in [2.45, 2.75) is 31.8 Å². The molecule has 1 unspecified atom stereocenters. The molecule has 1 saturated heterocycles. The summed E-state index contributed by atoms with van der Waals surface area (Å²) in [4.78, 5) is 15.3. The molecule has 1 aliphatic heterocycles. The molecule has 3 heterocycles. The molecule has 1 atom stereocenters. The first-order valence-electron chi connectivity index (χ1n) is 8.44. The minimum absolute atomic E-state index is 0. The van der Waals surface area contributed by atoms with Gasteiger partial charge < -0.3 is 14.8 Å². The molecular weight excluding hydrogens is 377 g/mol. The fourth-order valence-corrected chi connectivity index (χ4v) is 4.93. The maximum atomic E-state index is 13.2. The van der Waals surface area contributed by atoms with E-state index in [1.165, 1.54) is 18.4 Å². The molecule has 0 radical (unpaired) electrons. The molecule has 1 amide bonds. The van der Waals surface area contributed by atoms with Crippen LogP contribution in [0.2, 0.25) is 5.02 Å². The molecule has 2 fully saturated rings. The van der Waals surface area contributed by atoms with Gasteiger partial charge in [-0.15, -0.1) is 12.4 Å². The number of aryl methyl sites for hydroxylation is 1. The predicted octanol–water partition coefficient (Wildman–Crippen LogP) is 3.95. The number of thiophene rings is 1. The highest BCUT2D eigenvalue weighted by Crippen LogP contribution is 2.56. The molecular formula is C18H23Cl2N3OS. The van der Waals surface area contributed by atoms with Crippen LogP contribution in [0.1, 0.15) is 35.3 Å². The van der Waals surface area contributed by atoms with Crippen LogP contribution in [0.4, 0.5) is 0 Å². The van der Waals surface area contributed by atoms with E-state index >= 15 is 0 Å². The van der Waals surface area contributed by atoms with E-state index in [1.54, 1.807) is 23.6 Å². The number of piperidine rings is 1. The van der Waals surface area contributed by atoms with E-state index in [1.807, 2.05) is 11.6 Å². The first-order chi connectivity index (χ1) is 11.6. The van der Waals surface area contributed by atoms with Gasteiger partial charge in [-0.3, -0.25) is 4.79 Å². The average Bonchev–Trinajstić information content (AvgIpc) is 2.92.